The summed E-state index contributed by atoms with van der Waals surface area (Å²) in [5, 5.41) is 14.7. The summed E-state index contributed by atoms with van der Waals surface area (Å²) in [6.45, 7) is 4.30. The lowest BCUT2D eigenvalue weighted by atomic mass is 9.48. The molecular formula is C23H22N4O3. The molecule has 1 aromatic carbocycles. The van der Waals surface area contributed by atoms with E-state index >= 15 is 0 Å². The molecule has 1 saturated carbocycles. The highest BCUT2D eigenvalue weighted by atomic mass is 16.4. The molecule has 2 aromatic heterocycles. The van der Waals surface area contributed by atoms with Crippen LogP contribution < -0.4 is 10.6 Å². The molecule has 3 aliphatic carbocycles. The summed E-state index contributed by atoms with van der Waals surface area (Å²) >= 11 is 0. The van der Waals surface area contributed by atoms with Gasteiger partial charge in [-0.3, -0.25) is 10.1 Å². The molecule has 4 N–H and O–H groups in total. The highest BCUT2D eigenvalue weighted by molar-refractivity contribution is 6.10. The standard InChI is InChI=1S/C23H22N4O3/c1-23(2)14-11-15(23)21(28)17-19(14)27-18(20(17)25-13-6-4-3-5-7-13)12-8-9-24-16(10-12)26-22(29)30/h3-10,14-15,25,27H,11H2,1-2H3,(H,24,26)(H,29,30)/t14-,15+/m1/s1. The van der Waals surface area contributed by atoms with E-state index in [1.807, 2.05) is 30.3 Å². The van der Waals surface area contributed by atoms with Gasteiger partial charge in [0.1, 0.15) is 5.82 Å². The van der Waals surface area contributed by atoms with Crippen molar-refractivity contribution in [1.82, 2.24) is 9.97 Å². The van der Waals surface area contributed by atoms with Gasteiger partial charge in [0, 0.05) is 35.0 Å². The maximum atomic E-state index is 13.4. The van der Waals surface area contributed by atoms with Crippen LogP contribution in [-0.4, -0.2) is 27.0 Å². The average Bonchev–Trinajstić information content (AvgIpc) is 3.08. The lowest BCUT2D eigenvalue weighted by molar-refractivity contribution is 0.0196. The Hall–Kier alpha value is -3.61. The molecule has 0 unspecified atom stereocenters. The van der Waals surface area contributed by atoms with E-state index in [4.69, 9.17) is 5.11 Å². The van der Waals surface area contributed by atoms with Gasteiger partial charge in [0.25, 0.3) is 0 Å². The number of H-pyrrole nitrogens is 1. The number of pyridine rings is 1. The van der Waals surface area contributed by atoms with E-state index in [1.165, 1.54) is 0 Å². The molecule has 6 rings (SSSR count). The molecule has 7 nitrogen and oxygen atoms in total. The van der Waals surface area contributed by atoms with Crippen molar-refractivity contribution in [3.05, 3.63) is 59.9 Å². The number of aromatic nitrogens is 2. The van der Waals surface area contributed by atoms with Gasteiger partial charge in [0.2, 0.25) is 0 Å². The number of hydrogen-bond acceptors (Lipinski definition) is 4. The van der Waals surface area contributed by atoms with Gasteiger partial charge in [0.15, 0.2) is 5.78 Å². The van der Waals surface area contributed by atoms with Crippen molar-refractivity contribution in [3.8, 4) is 11.3 Å². The number of carbonyl (C=O) groups excluding carboxylic acids is 1. The number of Topliss-reactive ketones (excluding diaryl/α,β-unsaturated/α-hetero) is 1. The van der Waals surface area contributed by atoms with Crippen molar-refractivity contribution in [1.29, 1.82) is 0 Å². The fourth-order valence-electron chi connectivity index (χ4n) is 4.84. The number of hydrogen-bond donors (Lipinski definition) is 4. The molecule has 2 heterocycles. The molecular weight excluding hydrogens is 380 g/mol. The second kappa shape index (κ2) is 6.45. The summed E-state index contributed by atoms with van der Waals surface area (Å²) in [6, 6.07) is 13.2. The zero-order chi connectivity index (χ0) is 21.0. The Morgan fingerprint density at radius 1 is 1.20 bits per heavy atom. The minimum absolute atomic E-state index is 0.0247. The topological polar surface area (TPSA) is 107 Å². The molecule has 7 heteroatoms. The van der Waals surface area contributed by atoms with Crippen LogP contribution in [0.15, 0.2) is 48.7 Å². The largest absolute Gasteiger partial charge is 0.465 e. The first kappa shape index (κ1) is 18.4. The van der Waals surface area contributed by atoms with Gasteiger partial charge in [-0.05, 0) is 36.1 Å². The molecule has 152 valence electrons. The Labute approximate surface area is 173 Å². The van der Waals surface area contributed by atoms with Crippen LogP contribution in [-0.2, 0) is 0 Å². The van der Waals surface area contributed by atoms with Crippen LogP contribution in [0.5, 0.6) is 0 Å². The number of carboxylic acid groups (broad SMARTS) is 1. The smallest absolute Gasteiger partial charge is 0.410 e. The number of carbonyl (C=O) groups is 2. The summed E-state index contributed by atoms with van der Waals surface area (Å²) < 4.78 is 0. The maximum absolute atomic E-state index is 13.4. The number of nitrogens with zero attached hydrogens (tertiary/aromatic N) is 1. The van der Waals surface area contributed by atoms with Crippen molar-refractivity contribution in [2.45, 2.75) is 26.2 Å². The Morgan fingerprint density at radius 3 is 2.67 bits per heavy atom. The fraction of sp³-hybridized carbons (Fsp3) is 0.261. The van der Waals surface area contributed by atoms with Crippen LogP contribution in [0.4, 0.5) is 22.0 Å². The number of anilines is 3. The van der Waals surface area contributed by atoms with Crippen molar-refractivity contribution in [2.75, 3.05) is 10.6 Å². The van der Waals surface area contributed by atoms with E-state index < -0.39 is 6.09 Å². The Balaban J connectivity index is 1.67. The highest BCUT2D eigenvalue weighted by Gasteiger charge is 2.58. The lowest BCUT2D eigenvalue weighted by Crippen LogP contribution is -2.51. The first-order chi connectivity index (χ1) is 14.4. The average molecular weight is 402 g/mol. The predicted octanol–water partition coefficient (Wildman–Crippen LogP) is 5.24. The Bertz CT molecular complexity index is 1170. The van der Waals surface area contributed by atoms with Crippen LogP contribution >= 0.6 is 0 Å². The zero-order valence-corrected chi connectivity index (χ0v) is 16.7. The van der Waals surface area contributed by atoms with E-state index in [9.17, 15) is 9.59 Å². The summed E-state index contributed by atoms with van der Waals surface area (Å²) in [5.41, 5.74) is 4.75. The Kier molecular flexibility index (Phi) is 3.96. The van der Waals surface area contributed by atoms with E-state index in [-0.39, 0.29) is 22.9 Å². The number of ketones is 1. The normalized spacial score (nSPS) is 20.8. The van der Waals surface area contributed by atoms with Gasteiger partial charge in [0.05, 0.1) is 16.9 Å². The van der Waals surface area contributed by atoms with Gasteiger partial charge in [-0.25, -0.2) is 9.78 Å². The second-order valence-corrected chi connectivity index (χ2v) is 8.54. The van der Waals surface area contributed by atoms with Gasteiger partial charge >= 0.3 is 6.09 Å². The first-order valence-corrected chi connectivity index (χ1v) is 9.94. The summed E-state index contributed by atoms with van der Waals surface area (Å²) in [7, 11) is 0. The van der Waals surface area contributed by atoms with Crippen molar-refractivity contribution < 1.29 is 14.7 Å². The Morgan fingerprint density at radius 2 is 1.97 bits per heavy atom. The molecule has 1 fully saturated rings. The van der Waals surface area contributed by atoms with Crippen LogP contribution in [0.1, 0.15) is 42.2 Å². The number of rotatable bonds is 4. The van der Waals surface area contributed by atoms with Crippen molar-refractivity contribution in [2.24, 2.45) is 11.3 Å². The highest BCUT2D eigenvalue weighted by Crippen LogP contribution is 2.63. The number of amides is 1. The molecule has 2 atom stereocenters. The predicted molar refractivity (Wildman–Crippen MR) is 114 cm³/mol. The second-order valence-electron chi connectivity index (χ2n) is 8.54. The summed E-state index contributed by atoms with van der Waals surface area (Å²) in [6.07, 6.45) is 1.25. The SMILES string of the molecule is CC1(C)[C@@H]2C[C@H]1C(=O)c1c2[nH]c(-c2ccnc(NC(=O)O)c2)c1Nc1ccccc1. The fourth-order valence-corrected chi connectivity index (χ4v) is 4.84. The molecule has 30 heavy (non-hydrogen) atoms. The van der Waals surface area contributed by atoms with Gasteiger partial charge in [-0.1, -0.05) is 32.0 Å². The number of aromatic amines is 1. The van der Waals surface area contributed by atoms with E-state index in [0.717, 1.165) is 40.3 Å². The van der Waals surface area contributed by atoms with Gasteiger partial charge in [-0.15, -0.1) is 0 Å². The van der Waals surface area contributed by atoms with E-state index in [2.05, 4.69) is 34.4 Å². The third kappa shape index (κ3) is 2.69. The zero-order valence-electron chi connectivity index (χ0n) is 16.7. The third-order valence-corrected chi connectivity index (χ3v) is 6.53. The van der Waals surface area contributed by atoms with Gasteiger partial charge in [-0.2, -0.15) is 0 Å². The van der Waals surface area contributed by atoms with Crippen molar-refractivity contribution >= 4 is 29.1 Å². The number of nitrogens with one attached hydrogen (secondary N) is 3. The molecule has 3 aliphatic rings. The quantitative estimate of drug-likeness (QED) is 0.478. The molecule has 0 aliphatic heterocycles. The maximum Gasteiger partial charge on any atom is 0.410 e. The van der Waals surface area contributed by atoms with E-state index in [1.54, 1.807) is 18.3 Å². The van der Waals surface area contributed by atoms with Crippen molar-refractivity contribution in [3.63, 3.8) is 0 Å². The monoisotopic (exact) mass is 402 g/mol. The molecule has 3 aromatic rings. The van der Waals surface area contributed by atoms with Crippen LogP contribution in [0, 0.1) is 11.3 Å². The first-order valence-electron chi connectivity index (χ1n) is 9.94. The van der Waals surface area contributed by atoms with E-state index in [0.29, 0.717) is 5.92 Å². The molecule has 1 amide bonds. The lowest BCUT2D eigenvalue weighted by Gasteiger charge is -2.54. The van der Waals surface area contributed by atoms with Crippen LogP contribution in [0.25, 0.3) is 11.3 Å². The minimum atomic E-state index is -1.18. The molecule has 0 radical (unpaired) electrons. The number of benzene rings is 1. The molecule has 0 saturated heterocycles. The third-order valence-electron chi connectivity index (χ3n) is 6.53. The number of para-hydroxylation sites is 1. The van der Waals surface area contributed by atoms with Crippen LogP contribution in [0.2, 0.25) is 0 Å². The van der Waals surface area contributed by atoms with Crippen LogP contribution in [0.3, 0.4) is 0 Å². The minimum Gasteiger partial charge on any atom is -0.465 e. The summed E-state index contributed by atoms with van der Waals surface area (Å²) in [5.74, 6) is 0.709. The van der Waals surface area contributed by atoms with Gasteiger partial charge < -0.3 is 15.4 Å². The summed E-state index contributed by atoms with van der Waals surface area (Å²) in [4.78, 5) is 32.0. The molecule has 0 spiro atoms. The molecule has 2 bridgehead atoms.